The number of aliphatic hydroxyl groups is 1. The number of hydrogen-bond donors (Lipinski definition) is 3. The summed E-state index contributed by atoms with van der Waals surface area (Å²) in [4.78, 5) is 16.1. The number of rotatable bonds is 8. The highest BCUT2D eigenvalue weighted by atomic mass is 35.5. The molecule has 154 valence electrons. The Morgan fingerprint density at radius 3 is 2.34 bits per heavy atom. The summed E-state index contributed by atoms with van der Waals surface area (Å²) >= 11 is 0. The number of anilines is 1. The summed E-state index contributed by atoms with van der Waals surface area (Å²) in [6.45, 7) is 1.29. The molecule has 0 bridgehead atoms. The molecule has 5 nitrogen and oxygen atoms in total. The summed E-state index contributed by atoms with van der Waals surface area (Å²) < 4.78 is 0. The number of pyridine rings is 1. The summed E-state index contributed by atoms with van der Waals surface area (Å²) in [6.07, 6.45) is 3.52. The molecule has 1 aromatic heterocycles. The van der Waals surface area contributed by atoms with Gasteiger partial charge in [-0.15, -0.1) is 24.8 Å². The number of carbonyl (C=O) groups is 1. The lowest BCUT2D eigenvalue weighted by atomic mass is 10.1. The van der Waals surface area contributed by atoms with Crippen molar-refractivity contribution in [2.24, 2.45) is 0 Å². The van der Waals surface area contributed by atoms with Gasteiger partial charge in [-0.3, -0.25) is 9.78 Å². The molecule has 0 spiro atoms. The van der Waals surface area contributed by atoms with Gasteiger partial charge in [-0.05, 0) is 48.4 Å². The SMILES string of the molecule is Cl.Cl.O=C(Nc1ccc(CCNCC(O)c2ccccc2)cc1)c1cccnc1. The van der Waals surface area contributed by atoms with E-state index in [0.717, 1.165) is 29.8 Å². The topological polar surface area (TPSA) is 74.2 Å². The molecule has 0 saturated heterocycles. The lowest BCUT2D eigenvalue weighted by Crippen LogP contribution is -2.23. The van der Waals surface area contributed by atoms with Gasteiger partial charge >= 0.3 is 0 Å². The second-order valence-corrected chi connectivity index (χ2v) is 6.27. The Labute approximate surface area is 183 Å². The summed E-state index contributed by atoms with van der Waals surface area (Å²) in [5.74, 6) is -0.174. The van der Waals surface area contributed by atoms with E-state index in [4.69, 9.17) is 0 Å². The van der Waals surface area contributed by atoms with Crippen LogP contribution in [0.3, 0.4) is 0 Å². The minimum absolute atomic E-state index is 0. The molecule has 7 heteroatoms. The number of amides is 1. The third kappa shape index (κ3) is 7.83. The van der Waals surface area contributed by atoms with Crippen LogP contribution in [0.1, 0.15) is 27.6 Å². The molecule has 0 fully saturated rings. The van der Waals surface area contributed by atoms with E-state index in [1.54, 1.807) is 24.5 Å². The Hall–Kier alpha value is -2.44. The molecule has 0 radical (unpaired) electrons. The van der Waals surface area contributed by atoms with Crippen LogP contribution in [-0.4, -0.2) is 29.1 Å². The van der Waals surface area contributed by atoms with Crippen molar-refractivity contribution in [3.05, 3.63) is 95.8 Å². The largest absolute Gasteiger partial charge is 0.387 e. The van der Waals surface area contributed by atoms with Gasteiger partial charge in [0.05, 0.1) is 11.7 Å². The molecule has 1 atom stereocenters. The van der Waals surface area contributed by atoms with Gasteiger partial charge in [-0.2, -0.15) is 0 Å². The van der Waals surface area contributed by atoms with Gasteiger partial charge < -0.3 is 15.7 Å². The maximum absolute atomic E-state index is 12.1. The van der Waals surface area contributed by atoms with Crippen molar-refractivity contribution >= 4 is 36.4 Å². The van der Waals surface area contributed by atoms with Crippen LogP contribution in [-0.2, 0) is 6.42 Å². The average molecular weight is 434 g/mol. The molecule has 0 aliphatic rings. The van der Waals surface area contributed by atoms with Gasteiger partial charge in [-0.25, -0.2) is 0 Å². The number of carbonyl (C=O) groups excluding carboxylic acids is 1. The first-order valence-electron chi connectivity index (χ1n) is 8.96. The molecule has 2 aromatic carbocycles. The minimum Gasteiger partial charge on any atom is -0.387 e. The average Bonchev–Trinajstić information content (AvgIpc) is 2.73. The van der Waals surface area contributed by atoms with Crippen molar-refractivity contribution in [3.8, 4) is 0 Å². The summed E-state index contributed by atoms with van der Waals surface area (Å²) in [5.41, 5.74) is 3.36. The Morgan fingerprint density at radius 1 is 0.966 bits per heavy atom. The van der Waals surface area contributed by atoms with Crippen molar-refractivity contribution in [2.75, 3.05) is 18.4 Å². The molecular weight excluding hydrogens is 409 g/mol. The Bertz CT molecular complexity index is 847. The molecule has 1 unspecified atom stereocenters. The van der Waals surface area contributed by atoms with Gasteiger partial charge in [0.1, 0.15) is 0 Å². The summed E-state index contributed by atoms with van der Waals surface area (Å²) in [6, 6.07) is 20.9. The predicted molar refractivity (Wildman–Crippen MR) is 121 cm³/mol. The van der Waals surface area contributed by atoms with Crippen molar-refractivity contribution in [3.63, 3.8) is 0 Å². The molecule has 3 aromatic rings. The predicted octanol–water partition coefficient (Wildman–Crippen LogP) is 4.04. The fraction of sp³-hybridized carbons (Fsp3) is 0.182. The summed E-state index contributed by atoms with van der Waals surface area (Å²) in [7, 11) is 0. The molecule has 29 heavy (non-hydrogen) atoms. The van der Waals surface area contributed by atoms with Gasteiger partial charge in [0.25, 0.3) is 5.91 Å². The number of halogens is 2. The first-order chi connectivity index (χ1) is 13.2. The van der Waals surface area contributed by atoms with Gasteiger partial charge in [0, 0.05) is 24.6 Å². The smallest absolute Gasteiger partial charge is 0.257 e. The lowest BCUT2D eigenvalue weighted by molar-refractivity contribution is 0.102. The molecule has 0 aliphatic heterocycles. The van der Waals surface area contributed by atoms with E-state index in [2.05, 4.69) is 15.6 Å². The van der Waals surface area contributed by atoms with Crippen LogP contribution in [0.2, 0.25) is 0 Å². The normalized spacial score (nSPS) is 10.9. The zero-order valence-corrected chi connectivity index (χ0v) is 17.5. The van der Waals surface area contributed by atoms with Crippen LogP contribution in [0.25, 0.3) is 0 Å². The highest BCUT2D eigenvalue weighted by Crippen LogP contribution is 2.12. The number of aliphatic hydroxyl groups excluding tert-OH is 1. The summed E-state index contributed by atoms with van der Waals surface area (Å²) in [5, 5.41) is 16.3. The third-order valence-electron chi connectivity index (χ3n) is 4.25. The molecule has 1 amide bonds. The first kappa shape index (κ1) is 24.6. The standard InChI is InChI=1S/C22H23N3O2.2ClH/c26-21(18-5-2-1-3-6-18)16-24-14-12-17-8-10-20(11-9-17)25-22(27)19-7-4-13-23-15-19;;/h1-11,13,15,21,24,26H,12,14,16H2,(H,25,27);2*1H. The maximum Gasteiger partial charge on any atom is 0.257 e. The lowest BCUT2D eigenvalue weighted by Gasteiger charge is -2.12. The zero-order valence-electron chi connectivity index (χ0n) is 15.8. The molecule has 0 aliphatic carbocycles. The van der Waals surface area contributed by atoms with Crippen LogP contribution in [0, 0.1) is 0 Å². The van der Waals surface area contributed by atoms with E-state index in [1.165, 1.54) is 0 Å². The van der Waals surface area contributed by atoms with Crippen molar-refractivity contribution in [1.82, 2.24) is 10.3 Å². The van der Waals surface area contributed by atoms with Crippen LogP contribution in [0.5, 0.6) is 0 Å². The second kappa shape index (κ2) is 12.9. The monoisotopic (exact) mass is 433 g/mol. The van der Waals surface area contributed by atoms with Crippen LogP contribution in [0.15, 0.2) is 79.1 Å². The van der Waals surface area contributed by atoms with E-state index in [0.29, 0.717) is 12.1 Å². The van der Waals surface area contributed by atoms with Crippen LogP contribution in [0.4, 0.5) is 5.69 Å². The number of nitrogens with zero attached hydrogens (tertiary/aromatic N) is 1. The third-order valence-corrected chi connectivity index (χ3v) is 4.25. The van der Waals surface area contributed by atoms with Crippen molar-refractivity contribution in [2.45, 2.75) is 12.5 Å². The first-order valence-corrected chi connectivity index (χ1v) is 8.96. The number of hydrogen-bond acceptors (Lipinski definition) is 4. The highest BCUT2D eigenvalue weighted by molar-refractivity contribution is 6.03. The molecule has 0 saturated carbocycles. The van der Waals surface area contributed by atoms with Gasteiger partial charge in [0.2, 0.25) is 0 Å². The molecular formula is C22H25Cl2N3O2. The van der Waals surface area contributed by atoms with E-state index in [-0.39, 0.29) is 30.7 Å². The zero-order chi connectivity index (χ0) is 18.9. The fourth-order valence-electron chi connectivity index (χ4n) is 2.72. The fourth-order valence-corrected chi connectivity index (χ4v) is 2.72. The Morgan fingerprint density at radius 2 is 1.69 bits per heavy atom. The molecule has 1 heterocycles. The van der Waals surface area contributed by atoms with Crippen molar-refractivity contribution < 1.29 is 9.90 Å². The van der Waals surface area contributed by atoms with E-state index in [9.17, 15) is 9.90 Å². The van der Waals surface area contributed by atoms with E-state index < -0.39 is 6.10 Å². The Balaban J connectivity index is 0.00000210. The van der Waals surface area contributed by atoms with Crippen LogP contribution >= 0.6 is 24.8 Å². The Kier molecular flexibility index (Phi) is 10.9. The minimum atomic E-state index is -0.503. The number of aromatic nitrogens is 1. The number of nitrogens with one attached hydrogen (secondary N) is 2. The van der Waals surface area contributed by atoms with E-state index in [1.807, 2.05) is 54.6 Å². The highest BCUT2D eigenvalue weighted by Gasteiger charge is 2.07. The maximum atomic E-state index is 12.1. The van der Waals surface area contributed by atoms with Crippen molar-refractivity contribution in [1.29, 1.82) is 0 Å². The number of benzene rings is 2. The van der Waals surface area contributed by atoms with E-state index >= 15 is 0 Å². The molecule has 3 N–H and O–H groups in total. The van der Waals surface area contributed by atoms with Crippen LogP contribution < -0.4 is 10.6 Å². The second-order valence-electron chi connectivity index (χ2n) is 6.27. The quantitative estimate of drug-likeness (QED) is 0.468. The van der Waals surface area contributed by atoms with Gasteiger partial charge in [0.15, 0.2) is 0 Å². The molecule has 3 rings (SSSR count). The van der Waals surface area contributed by atoms with Gasteiger partial charge in [-0.1, -0.05) is 42.5 Å².